The van der Waals surface area contributed by atoms with Crippen LogP contribution in [0.25, 0.3) is 0 Å². The third-order valence-corrected chi connectivity index (χ3v) is 5.03. The summed E-state index contributed by atoms with van der Waals surface area (Å²) in [7, 11) is -0.696. The van der Waals surface area contributed by atoms with Crippen LogP contribution in [0.15, 0.2) is 23.1 Å². The topological polar surface area (TPSA) is 83.9 Å². The van der Waals surface area contributed by atoms with E-state index in [-0.39, 0.29) is 11.4 Å². The minimum absolute atomic E-state index is 0.0319. The fraction of sp³-hybridized carbons (Fsp3) is 0.364. The Balaban J connectivity index is 2.63. The van der Waals surface area contributed by atoms with E-state index in [4.69, 9.17) is 9.84 Å². The van der Waals surface area contributed by atoms with Crippen molar-refractivity contribution in [2.75, 3.05) is 25.6 Å². The van der Waals surface area contributed by atoms with Crippen molar-refractivity contribution in [1.82, 2.24) is 0 Å². The number of nitrogens with zero attached hydrogens (tertiary/aromatic N) is 1. The molecule has 0 radical (unpaired) electrons. The van der Waals surface area contributed by atoms with E-state index in [1.165, 1.54) is 19.2 Å². The Labute approximate surface area is 105 Å². The second-order valence-electron chi connectivity index (χ2n) is 4.09. The number of hydrogen-bond acceptors (Lipinski definition) is 5. The summed E-state index contributed by atoms with van der Waals surface area (Å²) >= 11 is 0. The van der Waals surface area contributed by atoms with Gasteiger partial charge in [-0.1, -0.05) is 0 Å². The molecule has 1 aromatic carbocycles. The molecule has 1 heterocycles. The van der Waals surface area contributed by atoms with Crippen LogP contribution in [0.4, 0.5) is 5.69 Å². The maximum absolute atomic E-state index is 12.1. The number of methoxy groups -OCH3 is 1. The molecule has 7 heteroatoms. The van der Waals surface area contributed by atoms with Gasteiger partial charge in [0.1, 0.15) is 5.75 Å². The molecule has 1 aliphatic heterocycles. The lowest BCUT2D eigenvalue weighted by Crippen LogP contribution is -2.45. The lowest BCUT2D eigenvalue weighted by Gasteiger charge is -2.31. The van der Waals surface area contributed by atoms with Crippen molar-refractivity contribution in [3.05, 3.63) is 18.2 Å². The largest absolute Gasteiger partial charge is 0.497 e. The first-order valence-electron chi connectivity index (χ1n) is 5.24. The Morgan fingerprint density at radius 2 is 2.17 bits per heavy atom. The number of aliphatic carboxylic acids is 1. The van der Waals surface area contributed by atoms with Gasteiger partial charge in [-0.25, -0.2) is 8.42 Å². The SMILES string of the molecule is COc1ccc2c(c1)N(C)CC(C(=O)O)S2(=O)=O. The van der Waals surface area contributed by atoms with Crippen molar-refractivity contribution in [1.29, 1.82) is 0 Å². The van der Waals surface area contributed by atoms with Gasteiger partial charge in [-0.2, -0.15) is 0 Å². The van der Waals surface area contributed by atoms with Crippen LogP contribution >= 0.6 is 0 Å². The molecule has 6 nitrogen and oxygen atoms in total. The van der Waals surface area contributed by atoms with E-state index in [0.29, 0.717) is 11.4 Å². The van der Waals surface area contributed by atoms with Gasteiger partial charge in [0.05, 0.1) is 17.7 Å². The third kappa shape index (κ3) is 1.80. The van der Waals surface area contributed by atoms with Crippen molar-refractivity contribution < 1.29 is 23.1 Å². The van der Waals surface area contributed by atoms with Crippen LogP contribution < -0.4 is 9.64 Å². The predicted octanol–water partition coefficient (Wildman–Crippen LogP) is 0.372. The highest BCUT2D eigenvalue weighted by molar-refractivity contribution is 7.93. The molecule has 1 atom stereocenters. The molecule has 1 aliphatic rings. The van der Waals surface area contributed by atoms with Crippen molar-refractivity contribution >= 4 is 21.5 Å². The first-order valence-corrected chi connectivity index (χ1v) is 6.78. The molecule has 1 aromatic rings. The summed E-state index contributed by atoms with van der Waals surface area (Å²) in [6, 6.07) is 4.48. The van der Waals surface area contributed by atoms with E-state index >= 15 is 0 Å². The lowest BCUT2D eigenvalue weighted by molar-refractivity contribution is -0.136. The number of sulfone groups is 1. The van der Waals surface area contributed by atoms with E-state index in [2.05, 4.69) is 0 Å². The van der Waals surface area contributed by atoms with Gasteiger partial charge in [0.25, 0.3) is 0 Å². The van der Waals surface area contributed by atoms with Gasteiger partial charge in [-0.15, -0.1) is 0 Å². The van der Waals surface area contributed by atoms with E-state index in [1.807, 2.05) is 0 Å². The number of fused-ring (bicyclic) bond motifs is 1. The monoisotopic (exact) mass is 271 g/mol. The summed E-state index contributed by atoms with van der Waals surface area (Å²) in [5, 5.41) is 7.56. The zero-order valence-corrected chi connectivity index (χ0v) is 10.8. The number of carboxylic acids is 1. The van der Waals surface area contributed by atoms with Crippen molar-refractivity contribution in [3.63, 3.8) is 0 Å². The maximum Gasteiger partial charge on any atom is 0.324 e. The molecule has 0 saturated heterocycles. The smallest absolute Gasteiger partial charge is 0.324 e. The second kappa shape index (κ2) is 4.16. The van der Waals surface area contributed by atoms with Crippen LogP contribution in [-0.2, 0) is 14.6 Å². The van der Waals surface area contributed by atoms with Crippen molar-refractivity contribution in [2.45, 2.75) is 10.1 Å². The van der Waals surface area contributed by atoms with Gasteiger partial charge < -0.3 is 14.7 Å². The summed E-state index contributed by atoms with van der Waals surface area (Å²) in [4.78, 5) is 12.7. The predicted molar refractivity (Wildman–Crippen MR) is 64.9 cm³/mol. The highest BCUT2D eigenvalue weighted by Gasteiger charge is 2.41. The van der Waals surface area contributed by atoms with E-state index in [9.17, 15) is 13.2 Å². The maximum atomic E-state index is 12.1. The van der Waals surface area contributed by atoms with Crippen LogP contribution in [0.1, 0.15) is 0 Å². The molecule has 98 valence electrons. The molecule has 1 N–H and O–H groups in total. The zero-order valence-electron chi connectivity index (χ0n) is 9.95. The molecule has 0 fully saturated rings. The molecule has 0 bridgehead atoms. The Bertz CT molecular complexity index is 595. The van der Waals surface area contributed by atoms with Crippen molar-refractivity contribution in [3.8, 4) is 5.75 Å². The standard InChI is InChI=1S/C11H13NO5S/c1-12-6-10(11(13)14)18(15,16)9-4-3-7(17-2)5-8(9)12/h3-5,10H,6H2,1-2H3,(H,13,14). The number of carboxylic acid groups (broad SMARTS) is 1. The Kier molecular flexibility index (Phi) is 2.94. The van der Waals surface area contributed by atoms with Crippen molar-refractivity contribution in [2.24, 2.45) is 0 Å². The molecule has 0 saturated carbocycles. The van der Waals surface area contributed by atoms with Gasteiger partial charge in [0.2, 0.25) is 0 Å². The summed E-state index contributed by atoms with van der Waals surface area (Å²) in [6.45, 7) is -0.0716. The summed E-state index contributed by atoms with van der Waals surface area (Å²) in [6.07, 6.45) is 0. The molecule has 0 aromatic heterocycles. The van der Waals surface area contributed by atoms with E-state index in [1.54, 1.807) is 18.0 Å². The Morgan fingerprint density at radius 1 is 1.50 bits per heavy atom. The summed E-state index contributed by atoms with van der Waals surface area (Å²) in [5.74, 6) is -0.798. The van der Waals surface area contributed by atoms with E-state index < -0.39 is 21.1 Å². The molecular formula is C11H13NO5S. The average molecular weight is 271 g/mol. The van der Waals surface area contributed by atoms with Crippen LogP contribution in [0.5, 0.6) is 5.75 Å². The molecule has 0 amide bonds. The molecule has 2 rings (SSSR count). The molecule has 0 spiro atoms. The molecule has 18 heavy (non-hydrogen) atoms. The first kappa shape index (κ1) is 12.7. The lowest BCUT2D eigenvalue weighted by atomic mass is 10.2. The van der Waals surface area contributed by atoms with E-state index in [0.717, 1.165) is 0 Å². The number of carbonyl (C=O) groups is 1. The fourth-order valence-corrected chi connectivity index (χ4v) is 3.73. The van der Waals surface area contributed by atoms with Crippen LogP contribution in [-0.4, -0.2) is 45.4 Å². The highest BCUT2D eigenvalue weighted by Crippen LogP contribution is 2.35. The first-order chi connectivity index (χ1) is 8.37. The third-order valence-electron chi connectivity index (χ3n) is 2.97. The van der Waals surface area contributed by atoms with Gasteiger partial charge in [0, 0.05) is 19.7 Å². The number of rotatable bonds is 2. The highest BCUT2D eigenvalue weighted by atomic mass is 32.2. The number of ether oxygens (including phenoxy) is 1. The van der Waals surface area contributed by atoms with Crippen LogP contribution in [0, 0.1) is 0 Å². The minimum Gasteiger partial charge on any atom is -0.497 e. The average Bonchev–Trinajstić information content (AvgIpc) is 2.33. The molecule has 1 unspecified atom stereocenters. The van der Waals surface area contributed by atoms with Crippen LogP contribution in [0.2, 0.25) is 0 Å². The Morgan fingerprint density at radius 3 is 2.72 bits per heavy atom. The molecule has 0 aliphatic carbocycles. The zero-order chi connectivity index (χ0) is 13.5. The summed E-state index contributed by atoms with van der Waals surface area (Å²) < 4.78 is 29.3. The number of benzene rings is 1. The Hall–Kier alpha value is -1.76. The second-order valence-corrected chi connectivity index (χ2v) is 6.18. The van der Waals surface area contributed by atoms with Gasteiger partial charge in [-0.3, -0.25) is 4.79 Å². The minimum atomic E-state index is -3.84. The fourth-order valence-electron chi connectivity index (χ4n) is 1.97. The van der Waals surface area contributed by atoms with Crippen LogP contribution in [0.3, 0.4) is 0 Å². The van der Waals surface area contributed by atoms with Gasteiger partial charge in [-0.05, 0) is 12.1 Å². The number of hydrogen-bond donors (Lipinski definition) is 1. The number of anilines is 1. The molecular weight excluding hydrogens is 258 g/mol. The normalized spacial score (nSPS) is 21.2. The van der Waals surface area contributed by atoms with Gasteiger partial charge >= 0.3 is 5.97 Å². The summed E-state index contributed by atoms with van der Waals surface area (Å²) in [5.41, 5.74) is 0.465. The van der Waals surface area contributed by atoms with Gasteiger partial charge in [0.15, 0.2) is 15.1 Å². The quantitative estimate of drug-likeness (QED) is 0.836.